The Labute approximate surface area is 167 Å². The van der Waals surface area contributed by atoms with Gasteiger partial charge in [0.25, 0.3) is 5.91 Å². The average Bonchev–Trinajstić information content (AvgIpc) is 3.38. The average molecular weight is 392 g/mol. The van der Waals surface area contributed by atoms with E-state index in [4.69, 9.17) is 4.74 Å². The third-order valence-electron chi connectivity index (χ3n) is 4.58. The second kappa shape index (κ2) is 8.27. The normalized spacial score (nSPS) is 12.5. The smallest absolute Gasteiger partial charge is 0.268 e. The van der Waals surface area contributed by atoms with Gasteiger partial charge in [-0.3, -0.25) is 9.59 Å². The number of carbonyl (C=O) groups excluding carboxylic acids is 2. The molecule has 0 radical (unpaired) electrons. The Hall–Kier alpha value is -3.12. The van der Waals surface area contributed by atoms with Crippen molar-refractivity contribution >= 4 is 34.5 Å². The number of carbonyl (C=O) groups is 2. The van der Waals surface area contributed by atoms with Gasteiger partial charge in [0, 0.05) is 17.9 Å². The molecule has 0 saturated heterocycles. The van der Waals surface area contributed by atoms with Crippen LogP contribution < -0.4 is 15.0 Å². The molecule has 0 saturated carbocycles. The molecular formula is C22H20N2O3S. The molecule has 1 aliphatic rings. The van der Waals surface area contributed by atoms with Crippen molar-refractivity contribution in [1.29, 1.82) is 0 Å². The number of fused-ring (bicyclic) bond motifs is 1. The summed E-state index contributed by atoms with van der Waals surface area (Å²) >= 11 is 1.44. The van der Waals surface area contributed by atoms with E-state index in [2.05, 4.69) is 5.32 Å². The van der Waals surface area contributed by atoms with E-state index in [0.29, 0.717) is 18.8 Å². The lowest BCUT2D eigenvalue weighted by Gasteiger charge is -2.17. The van der Waals surface area contributed by atoms with E-state index in [-0.39, 0.29) is 18.2 Å². The molecule has 0 unspecified atom stereocenters. The van der Waals surface area contributed by atoms with Crippen LogP contribution >= 0.6 is 11.3 Å². The third kappa shape index (κ3) is 4.07. The number of nitrogens with one attached hydrogen (secondary N) is 1. The van der Waals surface area contributed by atoms with Gasteiger partial charge in [0.1, 0.15) is 5.75 Å². The Morgan fingerprint density at radius 1 is 1.07 bits per heavy atom. The molecule has 0 fully saturated rings. The van der Waals surface area contributed by atoms with Crippen LogP contribution in [0.15, 0.2) is 66.0 Å². The van der Waals surface area contributed by atoms with E-state index in [9.17, 15) is 9.59 Å². The van der Waals surface area contributed by atoms with Gasteiger partial charge in [0.05, 0.1) is 17.9 Å². The second-order valence-corrected chi connectivity index (χ2v) is 7.43. The molecule has 0 aliphatic carbocycles. The van der Waals surface area contributed by atoms with Crippen molar-refractivity contribution in [3.05, 3.63) is 76.5 Å². The maximum atomic E-state index is 12.7. The molecule has 1 N–H and O–H groups in total. The van der Waals surface area contributed by atoms with Gasteiger partial charge in [0.2, 0.25) is 5.91 Å². The number of hydrogen-bond donors (Lipinski definition) is 1. The van der Waals surface area contributed by atoms with Gasteiger partial charge in [-0.25, -0.2) is 0 Å². The van der Waals surface area contributed by atoms with Crippen LogP contribution in [0.4, 0.5) is 11.4 Å². The highest BCUT2D eigenvalue weighted by molar-refractivity contribution is 7.12. The molecule has 1 aromatic heterocycles. The van der Waals surface area contributed by atoms with Crippen LogP contribution in [-0.4, -0.2) is 25.0 Å². The molecule has 5 nitrogen and oxygen atoms in total. The topological polar surface area (TPSA) is 58.6 Å². The lowest BCUT2D eigenvalue weighted by Crippen LogP contribution is -2.28. The Morgan fingerprint density at radius 2 is 1.93 bits per heavy atom. The number of amides is 2. The zero-order chi connectivity index (χ0) is 19.3. The molecule has 0 bridgehead atoms. The van der Waals surface area contributed by atoms with Gasteiger partial charge in [-0.15, -0.1) is 11.3 Å². The molecule has 142 valence electrons. The first-order valence-electron chi connectivity index (χ1n) is 9.17. The van der Waals surface area contributed by atoms with Crippen molar-refractivity contribution in [3.63, 3.8) is 0 Å². The highest BCUT2D eigenvalue weighted by atomic mass is 32.1. The van der Waals surface area contributed by atoms with Gasteiger partial charge >= 0.3 is 0 Å². The summed E-state index contributed by atoms with van der Waals surface area (Å²) in [5.74, 6) is 0.633. The highest BCUT2D eigenvalue weighted by Gasteiger charge is 2.26. The van der Waals surface area contributed by atoms with Crippen LogP contribution in [0.3, 0.4) is 0 Å². The van der Waals surface area contributed by atoms with E-state index in [1.54, 1.807) is 4.90 Å². The quantitative estimate of drug-likeness (QED) is 0.678. The molecule has 0 atom stereocenters. The number of nitrogens with zero attached hydrogens (tertiary/aromatic N) is 1. The number of thiophene rings is 1. The Morgan fingerprint density at radius 3 is 2.71 bits per heavy atom. The molecule has 28 heavy (non-hydrogen) atoms. The first-order chi connectivity index (χ1) is 13.7. The lowest BCUT2D eigenvalue weighted by atomic mass is 10.1. The number of para-hydroxylation sites is 1. The molecule has 2 aromatic carbocycles. The zero-order valence-corrected chi connectivity index (χ0v) is 16.1. The molecule has 3 aromatic rings. The van der Waals surface area contributed by atoms with Crippen molar-refractivity contribution in [1.82, 2.24) is 0 Å². The predicted molar refractivity (Wildman–Crippen MR) is 111 cm³/mol. The first-order valence-corrected chi connectivity index (χ1v) is 10.0. The fourth-order valence-corrected chi connectivity index (χ4v) is 3.87. The summed E-state index contributed by atoms with van der Waals surface area (Å²) in [6, 6.07) is 18.9. The van der Waals surface area contributed by atoms with Crippen LogP contribution in [0.2, 0.25) is 0 Å². The molecule has 4 rings (SSSR count). The van der Waals surface area contributed by atoms with E-state index in [0.717, 1.165) is 28.3 Å². The second-order valence-electron chi connectivity index (χ2n) is 6.49. The minimum absolute atomic E-state index is 0.00786. The van der Waals surface area contributed by atoms with Crippen molar-refractivity contribution in [2.45, 2.75) is 12.8 Å². The first kappa shape index (κ1) is 18.3. The van der Waals surface area contributed by atoms with Crippen LogP contribution in [0, 0.1) is 0 Å². The van der Waals surface area contributed by atoms with Crippen molar-refractivity contribution in [2.75, 3.05) is 23.4 Å². The largest absolute Gasteiger partial charge is 0.493 e. The van der Waals surface area contributed by atoms with Gasteiger partial charge in [-0.2, -0.15) is 0 Å². The fourth-order valence-electron chi connectivity index (χ4n) is 3.20. The molecule has 0 spiro atoms. The Balaban J connectivity index is 1.38. The van der Waals surface area contributed by atoms with Crippen LogP contribution in [0.1, 0.15) is 21.7 Å². The summed E-state index contributed by atoms with van der Waals surface area (Å²) < 4.78 is 5.57. The van der Waals surface area contributed by atoms with Gasteiger partial charge in [-0.1, -0.05) is 30.3 Å². The summed E-state index contributed by atoms with van der Waals surface area (Å²) in [4.78, 5) is 27.5. The van der Waals surface area contributed by atoms with E-state index in [1.807, 2.05) is 66.0 Å². The molecular weight excluding hydrogens is 372 g/mol. The monoisotopic (exact) mass is 392 g/mol. The fraction of sp³-hybridized carbons (Fsp3) is 0.182. The molecule has 2 amide bonds. The summed E-state index contributed by atoms with van der Waals surface area (Å²) in [5.41, 5.74) is 2.68. The minimum Gasteiger partial charge on any atom is -0.493 e. The molecule has 6 heteroatoms. The third-order valence-corrected chi connectivity index (χ3v) is 5.44. The molecule has 2 heterocycles. The SMILES string of the molecule is O=C(CCOc1ccccc1)Nc1ccc2c(c1)N(C(=O)c1cccs1)CC2. The maximum Gasteiger partial charge on any atom is 0.268 e. The van der Waals surface area contributed by atoms with Gasteiger partial charge < -0.3 is 15.0 Å². The van der Waals surface area contributed by atoms with E-state index >= 15 is 0 Å². The number of hydrogen-bond acceptors (Lipinski definition) is 4. The summed E-state index contributed by atoms with van der Waals surface area (Å²) in [7, 11) is 0. The van der Waals surface area contributed by atoms with Gasteiger partial charge in [0.15, 0.2) is 0 Å². The number of ether oxygens (including phenoxy) is 1. The Kier molecular flexibility index (Phi) is 5.39. The van der Waals surface area contributed by atoms with Crippen LogP contribution in [-0.2, 0) is 11.2 Å². The minimum atomic E-state index is -0.120. The van der Waals surface area contributed by atoms with Crippen molar-refractivity contribution in [3.8, 4) is 5.75 Å². The van der Waals surface area contributed by atoms with Crippen molar-refractivity contribution in [2.24, 2.45) is 0 Å². The van der Waals surface area contributed by atoms with Gasteiger partial charge in [-0.05, 0) is 47.7 Å². The number of anilines is 2. The number of benzene rings is 2. The molecule has 1 aliphatic heterocycles. The Bertz CT molecular complexity index is 971. The van der Waals surface area contributed by atoms with Crippen LogP contribution in [0.25, 0.3) is 0 Å². The standard InChI is InChI=1S/C22H20N2O3S/c25-21(11-13-27-18-5-2-1-3-6-18)23-17-9-8-16-10-12-24(19(16)15-17)22(26)20-7-4-14-28-20/h1-9,14-15H,10-13H2,(H,23,25). The summed E-state index contributed by atoms with van der Waals surface area (Å²) in [6.45, 7) is 0.970. The predicted octanol–water partition coefficient (Wildman–Crippen LogP) is 4.36. The van der Waals surface area contributed by atoms with E-state index in [1.165, 1.54) is 11.3 Å². The van der Waals surface area contributed by atoms with Crippen LogP contribution in [0.5, 0.6) is 5.75 Å². The van der Waals surface area contributed by atoms with E-state index < -0.39 is 0 Å². The van der Waals surface area contributed by atoms with Crippen molar-refractivity contribution < 1.29 is 14.3 Å². The lowest BCUT2D eigenvalue weighted by molar-refractivity contribution is -0.116. The highest BCUT2D eigenvalue weighted by Crippen LogP contribution is 2.32. The maximum absolute atomic E-state index is 12.7. The number of rotatable bonds is 6. The zero-order valence-electron chi connectivity index (χ0n) is 15.3. The summed E-state index contributed by atoms with van der Waals surface area (Å²) in [6.07, 6.45) is 1.08. The summed E-state index contributed by atoms with van der Waals surface area (Å²) in [5, 5.41) is 4.80.